The van der Waals surface area contributed by atoms with Crippen LogP contribution in [0, 0.1) is 6.92 Å². The maximum absolute atomic E-state index is 6.04. The van der Waals surface area contributed by atoms with Crippen molar-refractivity contribution >= 4 is 5.82 Å². The molecule has 2 heterocycles. The van der Waals surface area contributed by atoms with Crippen molar-refractivity contribution in [1.29, 1.82) is 0 Å². The second kappa shape index (κ2) is 5.31. The molecule has 1 aliphatic heterocycles. The summed E-state index contributed by atoms with van der Waals surface area (Å²) in [6.07, 6.45) is 2.93. The van der Waals surface area contributed by atoms with Gasteiger partial charge in [0.15, 0.2) is 0 Å². The fraction of sp³-hybridized carbons (Fsp3) is 0.438. The molecule has 112 valence electrons. The van der Waals surface area contributed by atoms with Gasteiger partial charge in [0.2, 0.25) is 0 Å². The Morgan fingerprint density at radius 2 is 2.29 bits per heavy atom. The van der Waals surface area contributed by atoms with E-state index in [0.29, 0.717) is 19.0 Å². The van der Waals surface area contributed by atoms with Crippen LogP contribution in [0.3, 0.4) is 0 Å². The minimum Gasteiger partial charge on any atom is -0.494 e. The third kappa shape index (κ3) is 2.55. The van der Waals surface area contributed by atoms with E-state index in [2.05, 4.69) is 24.2 Å². The molecule has 1 unspecified atom stereocenters. The molecule has 1 aromatic carbocycles. The molecular formula is C16H21N3O2. The van der Waals surface area contributed by atoms with Gasteiger partial charge in [-0.2, -0.15) is 5.10 Å². The smallest absolute Gasteiger partial charge is 0.124 e. The van der Waals surface area contributed by atoms with Crippen LogP contribution in [0.5, 0.6) is 11.5 Å². The molecular weight excluding hydrogens is 266 g/mol. The Kier molecular flexibility index (Phi) is 3.49. The molecule has 1 atom stereocenters. The van der Waals surface area contributed by atoms with Crippen LogP contribution in [0.4, 0.5) is 5.82 Å². The van der Waals surface area contributed by atoms with Gasteiger partial charge in [0, 0.05) is 23.1 Å². The monoisotopic (exact) mass is 287 g/mol. The fourth-order valence-electron chi connectivity index (χ4n) is 2.67. The van der Waals surface area contributed by atoms with E-state index in [-0.39, 0.29) is 6.10 Å². The molecule has 0 aliphatic carbocycles. The molecule has 2 N–H and O–H groups in total. The predicted molar refractivity (Wildman–Crippen MR) is 81.9 cm³/mol. The highest BCUT2D eigenvalue weighted by Crippen LogP contribution is 2.35. The Morgan fingerprint density at radius 1 is 1.48 bits per heavy atom. The molecule has 2 aromatic rings. The molecule has 0 bridgehead atoms. The number of hydrogen-bond acceptors (Lipinski definition) is 4. The number of fused-ring (bicyclic) bond motifs is 1. The Balaban J connectivity index is 1.97. The number of aryl methyl sites for hydroxylation is 1. The molecule has 0 saturated heterocycles. The van der Waals surface area contributed by atoms with Gasteiger partial charge < -0.3 is 15.2 Å². The van der Waals surface area contributed by atoms with Crippen molar-refractivity contribution in [3.05, 3.63) is 35.0 Å². The summed E-state index contributed by atoms with van der Waals surface area (Å²) >= 11 is 0. The lowest BCUT2D eigenvalue weighted by atomic mass is 10.1. The van der Waals surface area contributed by atoms with E-state index < -0.39 is 0 Å². The van der Waals surface area contributed by atoms with Gasteiger partial charge in [-0.05, 0) is 32.9 Å². The van der Waals surface area contributed by atoms with Crippen LogP contribution in [-0.4, -0.2) is 22.5 Å². The SMILES string of the molecule is CCOc1cc2c(cc1Cn1ncc(C)c1N)OC(C)C2. The first-order valence-corrected chi connectivity index (χ1v) is 7.31. The van der Waals surface area contributed by atoms with Crippen LogP contribution in [0.2, 0.25) is 0 Å². The van der Waals surface area contributed by atoms with Gasteiger partial charge >= 0.3 is 0 Å². The molecule has 0 spiro atoms. The van der Waals surface area contributed by atoms with Crippen LogP contribution < -0.4 is 15.2 Å². The minimum absolute atomic E-state index is 0.224. The molecule has 21 heavy (non-hydrogen) atoms. The summed E-state index contributed by atoms with van der Waals surface area (Å²) in [5, 5.41) is 4.32. The van der Waals surface area contributed by atoms with Crippen molar-refractivity contribution in [3.8, 4) is 11.5 Å². The molecule has 1 aliphatic rings. The molecule has 3 rings (SSSR count). The van der Waals surface area contributed by atoms with Gasteiger partial charge in [0.05, 0.1) is 19.3 Å². The number of benzene rings is 1. The number of hydrogen-bond donors (Lipinski definition) is 1. The second-order valence-electron chi connectivity index (χ2n) is 5.50. The average molecular weight is 287 g/mol. The highest BCUT2D eigenvalue weighted by Gasteiger charge is 2.22. The number of nitrogen functional groups attached to an aromatic ring is 1. The number of anilines is 1. The molecule has 1 aromatic heterocycles. The zero-order valence-corrected chi connectivity index (χ0v) is 12.7. The number of nitrogens with two attached hydrogens (primary N) is 1. The lowest BCUT2D eigenvalue weighted by Crippen LogP contribution is -2.08. The number of rotatable bonds is 4. The van der Waals surface area contributed by atoms with E-state index in [4.69, 9.17) is 15.2 Å². The summed E-state index contributed by atoms with van der Waals surface area (Å²) < 4.78 is 13.4. The van der Waals surface area contributed by atoms with Crippen LogP contribution in [0.15, 0.2) is 18.3 Å². The molecule has 0 saturated carbocycles. The summed E-state index contributed by atoms with van der Waals surface area (Å²) in [5.41, 5.74) is 9.27. The first-order chi connectivity index (χ1) is 10.1. The summed E-state index contributed by atoms with van der Waals surface area (Å²) in [6, 6.07) is 4.14. The maximum Gasteiger partial charge on any atom is 0.124 e. The van der Waals surface area contributed by atoms with Crippen molar-refractivity contribution in [1.82, 2.24) is 9.78 Å². The normalized spacial score (nSPS) is 16.6. The summed E-state index contributed by atoms with van der Waals surface area (Å²) in [4.78, 5) is 0. The Labute approximate surface area is 124 Å². The first kappa shape index (κ1) is 13.8. The largest absolute Gasteiger partial charge is 0.494 e. The fourth-order valence-corrected chi connectivity index (χ4v) is 2.67. The third-order valence-electron chi connectivity index (χ3n) is 3.77. The topological polar surface area (TPSA) is 62.3 Å². The number of nitrogens with zero attached hydrogens (tertiary/aromatic N) is 2. The van der Waals surface area contributed by atoms with E-state index in [9.17, 15) is 0 Å². The van der Waals surface area contributed by atoms with E-state index >= 15 is 0 Å². The second-order valence-corrected chi connectivity index (χ2v) is 5.50. The van der Waals surface area contributed by atoms with Crippen molar-refractivity contribution in [3.63, 3.8) is 0 Å². The Bertz CT molecular complexity index is 664. The van der Waals surface area contributed by atoms with Crippen molar-refractivity contribution < 1.29 is 9.47 Å². The minimum atomic E-state index is 0.224. The van der Waals surface area contributed by atoms with Crippen molar-refractivity contribution in [2.24, 2.45) is 0 Å². The van der Waals surface area contributed by atoms with Crippen LogP contribution in [0.25, 0.3) is 0 Å². The third-order valence-corrected chi connectivity index (χ3v) is 3.77. The zero-order valence-electron chi connectivity index (χ0n) is 12.7. The summed E-state index contributed by atoms with van der Waals surface area (Å²) in [7, 11) is 0. The molecule has 5 nitrogen and oxygen atoms in total. The average Bonchev–Trinajstić information content (AvgIpc) is 2.95. The Morgan fingerprint density at radius 3 is 2.95 bits per heavy atom. The first-order valence-electron chi connectivity index (χ1n) is 7.31. The standard InChI is InChI=1S/C16H21N3O2/c1-4-20-14-6-12-5-11(3)21-15(12)7-13(14)9-19-16(17)10(2)8-18-19/h6-8,11H,4-5,9,17H2,1-3H3. The molecule has 0 amide bonds. The van der Waals surface area contributed by atoms with Gasteiger partial charge in [0.25, 0.3) is 0 Å². The quantitative estimate of drug-likeness (QED) is 0.938. The van der Waals surface area contributed by atoms with Crippen molar-refractivity contribution in [2.45, 2.75) is 39.8 Å². The summed E-state index contributed by atoms with van der Waals surface area (Å²) in [5.74, 6) is 2.53. The van der Waals surface area contributed by atoms with E-state index in [1.54, 1.807) is 10.9 Å². The summed E-state index contributed by atoms with van der Waals surface area (Å²) in [6.45, 7) is 7.24. The van der Waals surface area contributed by atoms with Gasteiger partial charge in [-0.25, -0.2) is 4.68 Å². The highest BCUT2D eigenvalue weighted by molar-refractivity contribution is 5.49. The van der Waals surface area contributed by atoms with Gasteiger partial charge in [-0.15, -0.1) is 0 Å². The number of ether oxygens (including phenoxy) is 2. The van der Waals surface area contributed by atoms with Gasteiger partial charge in [-0.3, -0.25) is 0 Å². The van der Waals surface area contributed by atoms with Gasteiger partial charge in [-0.1, -0.05) is 0 Å². The lowest BCUT2D eigenvalue weighted by Gasteiger charge is -2.13. The lowest BCUT2D eigenvalue weighted by molar-refractivity contribution is 0.254. The van der Waals surface area contributed by atoms with Crippen LogP contribution in [-0.2, 0) is 13.0 Å². The Hall–Kier alpha value is -2.17. The predicted octanol–water partition coefficient (Wildman–Crippen LogP) is 2.54. The van der Waals surface area contributed by atoms with Gasteiger partial charge in [0.1, 0.15) is 23.4 Å². The molecule has 0 fully saturated rings. The highest BCUT2D eigenvalue weighted by atomic mass is 16.5. The van der Waals surface area contributed by atoms with E-state index in [0.717, 1.165) is 29.0 Å². The molecule has 5 heteroatoms. The van der Waals surface area contributed by atoms with Crippen LogP contribution in [0.1, 0.15) is 30.5 Å². The maximum atomic E-state index is 6.04. The zero-order chi connectivity index (χ0) is 15.0. The van der Waals surface area contributed by atoms with Crippen LogP contribution >= 0.6 is 0 Å². The number of aromatic nitrogens is 2. The van der Waals surface area contributed by atoms with E-state index in [1.165, 1.54) is 5.56 Å². The van der Waals surface area contributed by atoms with E-state index in [1.807, 2.05) is 13.8 Å². The molecule has 0 radical (unpaired) electrons. The van der Waals surface area contributed by atoms with Crippen molar-refractivity contribution in [2.75, 3.05) is 12.3 Å².